The van der Waals surface area contributed by atoms with Gasteiger partial charge in [-0.2, -0.15) is 0 Å². The molecule has 0 bridgehead atoms. The fourth-order valence-corrected chi connectivity index (χ4v) is 2.84. The second-order valence-corrected chi connectivity index (χ2v) is 6.34. The molecule has 2 aromatic carbocycles. The van der Waals surface area contributed by atoms with E-state index in [0.717, 1.165) is 31.6 Å². The van der Waals surface area contributed by atoms with E-state index in [1.165, 1.54) is 6.07 Å². The maximum atomic E-state index is 13.4. The van der Waals surface area contributed by atoms with Crippen LogP contribution < -0.4 is 10.1 Å². The van der Waals surface area contributed by atoms with Crippen molar-refractivity contribution >= 4 is 5.91 Å². The molecular weight excluding hydrogens is 340 g/mol. The summed E-state index contributed by atoms with van der Waals surface area (Å²) in [7, 11) is 0. The molecule has 0 spiro atoms. The third kappa shape index (κ3) is 4.58. The summed E-state index contributed by atoms with van der Waals surface area (Å²) in [5.74, 6) is -1.57. The van der Waals surface area contributed by atoms with Gasteiger partial charge in [0.05, 0.1) is 12.1 Å². The van der Waals surface area contributed by atoms with Gasteiger partial charge in [0.25, 0.3) is 5.91 Å². The number of amides is 1. The summed E-state index contributed by atoms with van der Waals surface area (Å²) in [5, 5.41) is 2.78. The number of carbonyl (C=O) groups excluding carboxylic acids is 1. The fraction of sp³-hybridized carbons (Fsp3) is 0.350. The maximum absolute atomic E-state index is 13.4. The number of benzene rings is 2. The Morgan fingerprint density at radius 3 is 2.85 bits per heavy atom. The van der Waals surface area contributed by atoms with Crippen molar-refractivity contribution < 1.29 is 23.0 Å². The van der Waals surface area contributed by atoms with Gasteiger partial charge in [0.1, 0.15) is 12.4 Å². The third-order valence-electron chi connectivity index (χ3n) is 4.35. The summed E-state index contributed by atoms with van der Waals surface area (Å²) in [5.41, 5.74) is 0.923. The number of ether oxygens (including phenoxy) is 2. The monoisotopic (exact) mass is 361 g/mol. The van der Waals surface area contributed by atoms with Crippen LogP contribution in [0.25, 0.3) is 0 Å². The summed E-state index contributed by atoms with van der Waals surface area (Å²) in [6.07, 6.45) is 2.12. The van der Waals surface area contributed by atoms with E-state index in [4.69, 9.17) is 9.47 Å². The maximum Gasteiger partial charge on any atom is 0.251 e. The first-order chi connectivity index (χ1) is 12.5. The van der Waals surface area contributed by atoms with Crippen molar-refractivity contribution in [2.45, 2.75) is 31.9 Å². The zero-order chi connectivity index (χ0) is 18.5. The van der Waals surface area contributed by atoms with Crippen LogP contribution in [0.5, 0.6) is 5.75 Å². The minimum atomic E-state index is -0.937. The molecule has 1 aliphatic rings. The Kier molecular flexibility index (Phi) is 5.83. The first-order valence-electron chi connectivity index (χ1n) is 8.63. The quantitative estimate of drug-likeness (QED) is 0.846. The summed E-state index contributed by atoms with van der Waals surface area (Å²) >= 11 is 0. The highest BCUT2D eigenvalue weighted by molar-refractivity contribution is 5.94. The number of rotatable bonds is 6. The molecule has 1 N–H and O–H groups in total. The molecule has 2 atom stereocenters. The van der Waals surface area contributed by atoms with Gasteiger partial charge in [-0.1, -0.05) is 12.1 Å². The highest BCUT2D eigenvalue weighted by Gasteiger charge is 2.17. The van der Waals surface area contributed by atoms with E-state index in [9.17, 15) is 13.6 Å². The Bertz CT molecular complexity index is 775. The fourth-order valence-electron chi connectivity index (χ4n) is 2.84. The SMILES string of the molecule is CC(NC(=O)c1cccc(OCC2CCCO2)c1)c1ccc(F)c(F)c1. The van der Waals surface area contributed by atoms with Gasteiger partial charge in [-0.15, -0.1) is 0 Å². The zero-order valence-electron chi connectivity index (χ0n) is 14.5. The van der Waals surface area contributed by atoms with Crippen LogP contribution in [0, 0.1) is 11.6 Å². The molecule has 1 amide bonds. The van der Waals surface area contributed by atoms with Crippen molar-refractivity contribution in [2.75, 3.05) is 13.2 Å². The molecule has 1 fully saturated rings. The Morgan fingerprint density at radius 1 is 1.27 bits per heavy atom. The van der Waals surface area contributed by atoms with Crippen molar-refractivity contribution in [3.63, 3.8) is 0 Å². The third-order valence-corrected chi connectivity index (χ3v) is 4.35. The van der Waals surface area contributed by atoms with E-state index < -0.39 is 17.7 Å². The van der Waals surface area contributed by atoms with Gasteiger partial charge >= 0.3 is 0 Å². The normalized spacial score (nSPS) is 17.7. The van der Waals surface area contributed by atoms with Crippen molar-refractivity contribution in [1.82, 2.24) is 5.32 Å². The molecule has 26 heavy (non-hydrogen) atoms. The van der Waals surface area contributed by atoms with E-state index in [1.807, 2.05) is 0 Å². The van der Waals surface area contributed by atoms with Crippen molar-refractivity contribution in [3.8, 4) is 5.75 Å². The van der Waals surface area contributed by atoms with Gasteiger partial charge in [0.15, 0.2) is 11.6 Å². The molecule has 1 saturated heterocycles. The van der Waals surface area contributed by atoms with Crippen LogP contribution in [-0.4, -0.2) is 25.2 Å². The van der Waals surface area contributed by atoms with Crippen LogP contribution in [0.4, 0.5) is 8.78 Å². The predicted octanol–water partition coefficient (Wildman–Crippen LogP) is 4.01. The predicted molar refractivity (Wildman–Crippen MR) is 93.2 cm³/mol. The Hall–Kier alpha value is -2.47. The van der Waals surface area contributed by atoms with Gasteiger partial charge < -0.3 is 14.8 Å². The summed E-state index contributed by atoms with van der Waals surface area (Å²) in [6, 6.07) is 9.97. The summed E-state index contributed by atoms with van der Waals surface area (Å²) in [6.45, 7) is 2.93. The molecule has 0 aliphatic carbocycles. The van der Waals surface area contributed by atoms with Gasteiger partial charge in [0, 0.05) is 12.2 Å². The minimum Gasteiger partial charge on any atom is -0.491 e. The van der Waals surface area contributed by atoms with Crippen LogP contribution in [0.1, 0.15) is 41.7 Å². The number of hydrogen-bond donors (Lipinski definition) is 1. The largest absolute Gasteiger partial charge is 0.491 e. The van der Waals surface area contributed by atoms with Gasteiger partial charge in [0.2, 0.25) is 0 Å². The molecule has 3 rings (SSSR count). The van der Waals surface area contributed by atoms with E-state index in [2.05, 4.69) is 5.32 Å². The molecule has 2 aromatic rings. The van der Waals surface area contributed by atoms with Crippen LogP contribution in [0.2, 0.25) is 0 Å². The molecule has 0 saturated carbocycles. The number of carbonyl (C=O) groups is 1. The smallest absolute Gasteiger partial charge is 0.251 e. The molecule has 138 valence electrons. The highest BCUT2D eigenvalue weighted by Crippen LogP contribution is 2.19. The van der Waals surface area contributed by atoms with Crippen LogP contribution in [0.15, 0.2) is 42.5 Å². The second-order valence-electron chi connectivity index (χ2n) is 6.34. The van der Waals surface area contributed by atoms with E-state index >= 15 is 0 Å². The van der Waals surface area contributed by atoms with Crippen LogP contribution in [0.3, 0.4) is 0 Å². The molecule has 6 heteroatoms. The molecule has 2 unspecified atom stereocenters. The zero-order valence-corrected chi connectivity index (χ0v) is 14.5. The Morgan fingerprint density at radius 2 is 2.12 bits per heavy atom. The highest BCUT2D eigenvalue weighted by atomic mass is 19.2. The lowest BCUT2D eigenvalue weighted by molar-refractivity contribution is 0.0679. The minimum absolute atomic E-state index is 0.0980. The first-order valence-corrected chi connectivity index (χ1v) is 8.63. The van der Waals surface area contributed by atoms with Crippen LogP contribution >= 0.6 is 0 Å². The lowest BCUT2D eigenvalue weighted by Gasteiger charge is -2.16. The van der Waals surface area contributed by atoms with Crippen molar-refractivity contribution in [3.05, 3.63) is 65.2 Å². The summed E-state index contributed by atoms with van der Waals surface area (Å²) < 4.78 is 37.6. The van der Waals surface area contributed by atoms with Crippen molar-refractivity contribution in [2.24, 2.45) is 0 Å². The summed E-state index contributed by atoms with van der Waals surface area (Å²) in [4.78, 5) is 12.4. The van der Waals surface area contributed by atoms with E-state index in [-0.39, 0.29) is 12.0 Å². The molecule has 0 aromatic heterocycles. The van der Waals surface area contributed by atoms with E-state index in [1.54, 1.807) is 31.2 Å². The number of hydrogen-bond acceptors (Lipinski definition) is 3. The molecule has 1 aliphatic heterocycles. The van der Waals surface area contributed by atoms with E-state index in [0.29, 0.717) is 23.5 Å². The van der Waals surface area contributed by atoms with Gasteiger partial charge in [-0.3, -0.25) is 4.79 Å². The average Bonchev–Trinajstić information content (AvgIpc) is 3.16. The molecule has 1 heterocycles. The molecule has 0 radical (unpaired) electrons. The number of nitrogens with one attached hydrogen (secondary N) is 1. The van der Waals surface area contributed by atoms with Crippen molar-refractivity contribution in [1.29, 1.82) is 0 Å². The number of halogens is 2. The average molecular weight is 361 g/mol. The van der Waals surface area contributed by atoms with Gasteiger partial charge in [-0.05, 0) is 55.7 Å². The Balaban J connectivity index is 1.61. The first kappa shape index (κ1) is 18.3. The second kappa shape index (κ2) is 8.27. The van der Waals surface area contributed by atoms with Crippen LogP contribution in [-0.2, 0) is 4.74 Å². The Labute approximate surface area is 151 Å². The topological polar surface area (TPSA) is 47.6 Å². The molecular formula is C20H21F2NO3. The standard InChI is InChI=1S/C20H21F2NO3/c1-13(14-7-8-18(21)19(22)11-14)23-20(24)15-4-2-5-16(10-15)26-12-17-6-3-9-25-17/h2,4-5,7-8,10-11,13,17H,3,6,9,12H2,1H3,(H,23,24). The van der Waals surface area contributed by atoms with Gasteiger partial charge in [-0.25, -0.2) is 8.78 Å². The molecule has 4 nitrogen and oxygen atoms in total. The lowest BCUT2D eigenvalue weighted by Crippen LogP contribution is -2.26. The lowest BCUT2D eigenvalue weighted by atomic mass is 10.1.